The van der Waals surface area contributed by atoms with Crippen molar-refractivity contribution in [1.29, 1.82) is 0 Å². The van der Waals surface area contributed by atoms with Crippen molar-refractivity contribution in [1.82, 2.24) is 9.80 Å². The van der Waals surface area contributed by atoms with E-state index in [4.69, 9.17) is 0 Å². The predicted octanol–water partition coefficient (Wildman–Crippen LogP) is 2.15. The number of hydrogen-bond donors (Lipinski definition) is 1. The van der Waals surface area contributed by atoms with Crippen molar-refractivity contribution in [2.24, 2.45) is 0 Å². The zero-order valence-corrected chi connectivity index (χ0v) is 13.0. The third-order valence-electron chi connectivity index (χ3n) is 4.06. The largest absolute Gasteiger partial charge is 0.392 e. The lowest BCUT2D eigenvalue weighted by Crippen LogP contribution is -2.54. The molecule has 5 heteroatoms. The highest BCUT2D eigenvalue weighted by Gasteiger charge is 2.37. The molecule has 0 aliphatic carbocycles. The number of nitrogens with zero attached hydrogens (tertiary/aromatic N) is 2. The number of halogens is 1. The second-order valence-corrected chi connectivity index (χ2v) is 8.03. The Hall–Kier alpha value is 0.0600. The first-order valence-electron chi connectivity index (χ1n) is 6.52. The van der Waals surface area contributed by atoms with Gasteiger partial charge in [0.1, 0.15) is 0 Å². The monoisotopic (exact) mass is 330 g/mol. The summed E-state index contributed by atoms with van der Waals surface area (Å²) < 4.78 is 1.21. The molecule has 0 bridgehead atoms. The van der Waals surface area contributed by atoms with Gasteiger partial charge in [0.15, 0.2) is 0 Å². The van der Waals surface area contributed by atoms with Crippen molar-refractivity contribution in [3.05, 3.63) is 20.8 Å². The van der Waals surface area contributed by atoms with Gasteiger partial charge < -0.3 is 5.11 Å². The molecule has 0 spiro atoms. The van der Waals surface area contributed by atoms with Gasteiger partial charge in [0.25, 0.3) is 0 Å². The second-order valence-electron chi connectivity index (χ2n) is 5.48. The fourth-order valence-corrected chi connectivity index (χ4v) is 4.64. The number of hydrogen-bond acceptors (Lipinski definition) is 4. The molecule has 3 rings (SSSR count). The van der Waals surface area contributed by atoms with Crippen LogP contribution in [0.1, 0.15) is 18.2 Å². The summed E-state index contributed by atoms with van der Waals surface area (Å²) in [6.07, 6.45) is 0.829. The molecule has 100 valence electrons. The zero-order chi connectivity index (χ0) is 12.7. The highest BCUT2D eigenvalue weighted by molar-refractivity contribution is 9.11. The van der Waals surface area contributed by atoms with Gasteiger partial charge in [-0.05, 0) is 41.4 Å². The first-order valence-corrected chi connectivity index (χ1v) is 8.13. The van der Waals surface area contributed by atoms with Crippen LogP contribution in [0.2, 0.25) is 0 Å². The molecule has 18 heavy (non-hydrogen) atoms. The lowest BCUT2D eigenvalue weighted by atomic mass is 10.1. The summed E-state index contributed by atoms with van der Waals surface area (Å²) in [6.45, 7) is 6.39. The molecule has 3 heterocycles. The molecular formula is C13H19BrN2OS. The minimum Gasteiger partial charge on any atom is -0.392 e. The molecule has 1 aromatic rings. The van der Waals surface area contributed by atoms with Gasteiger partial charge in [0.2, 0.25) is 0 Å². The summed E-state index contributed by atoms with van der Waals surface area (Å²) >= 11 is 5.34. The van der Waals surface area contributed by atoms with Gasteiger partial charge in [0, 0.05) is 43.1 Å². The van der Waals surface area contributed by atoms with Gasteiger partial charge in [0.05, 0.1) is 9.89 Å². The Morgan fingerprint density at radius 2 is 2.22 bits per heavy atom. The topological polar surface area (TPSA) is 26.7 Å². The summed E-state index contributed by atoms with van der Waals surface area (Å²) in [5.41, 5.74) is 0. The van der Waals surface area contributed by atoms with E-state index in [2.05, 4.69) is 44.8 Å². The van der Waals surface area contributed by atoms with Gasteiger partial charge >= 0.3 is 0 Å². The maximum Gasteiger partial charge on any atom is 0.0701 e. The minimum atomic E-state index is -0.113. The molecule has 0 amide bonds. The van der Waals surface area contributed by atoms with E-state index in [0.717, 1.165) is 32.6 Å². The summed E-state index contributed by atoms with van der Waals surface area (Å²) in [5, 5.41) is 9.76. The van der Waals surface area contributed by atoms with Crippen LogP contribution in [0.5, 0.6) is 0 Å². The fraction of sp³-hybridized carbons (Fsp3) is 0.692. The van der Waals surface area contributed by atoms with Crippen LogP contribution in [0.3, 0.4) is 0 Å². The van der Waals surface area contributed by atoms with Crippen molar-refractivity contribution in [2.45, 2.75) is 38.1 Å². The molecule has 0 saturated carbocycles. The summed E-state index contributed by atoms with van der Waals surface area (Å²) in [4.78, 5) is 6.42. The number of piperazine rings is 1. The Labute approximate surface area is 121 Å². The molecule has 2 saturated heterocycles. The maximum atomic E-state index is 9.76. The van der Waals surface area contributed by atoms with Crippen LogP contribution < -0.4 is 0 Å². The van der Waals surface area contributed by atoms with Gasteiger partial charge in [-0.2, -0.15) is 0 Å². The average molecular weight is 331 g/mol. The lowest BCUT2D eigenvalue weighted by Gasteiger charge is -2.42. The molecule has 1 aromatic heterocycles. The zero-order valence-electron chi connectivity index (χ0n) is 10.6. The quantitative estimate of drug-likeness (QED) is 0.900. The van der Waals surface area contributed by atoms with E-state index in [1.165, 1.54) is 8.66 Å². The first-order chi connectivity index (χ1) is 8.61. The molecule has 2 aliphatic rings. The Morgan fingerprint density at radius 1 is 1.39 bits per heavy atom. The maximum absolute atomic E-state index is 9.76. The van der Waals surface area contributed by atoms with Crippen molar-refractivity contribution in [2.75, 3.05) is 19.6 Å². The Morgan fingerprint density at radius 3 is 2.94 bits per heavy atom. The van der Waals surface area contributed by atoms with Crippen LogP contribution in [-0.4, -0.2) is 52.7 Å². The minimum absolute atomic E-state index is 0.113. The van der Waals surface area contributed by atoms with Crippen LogP contribution in [0.15, 0.2) is 15.9 Å². The van der Waals surface area contributed by atoms with Crippen LogP contribution in [0.25, 0.3) is 0 Å². The highest BCUT2D eigenvalue weighted by Crippen LogP contribution is 2.28. The van der Waals surface area contributed by atoms with Crippen LogP contribution in [0, 0.1) is 0 Å². The molecule has 2 aliphatic heterocycles. The van der Waals surface area contributed by atoms with Crippen molar-refractivity contribution in [3.63, 3.8) is 0 Å². The summed E-state index contributed by atoms with van der Waals surface area (Å²) in [7, 11) is 0. The normalized spacial score (nSPS) is 33.8. The van der Waals surface area contributed by atoms with E-state index in [1.54, 1.807) is 0 Å². The van der Waals surface area contributed by atoms with Gasteiger partial charge in [-0.3, -0.25) is 9.80 Å². The Kier molecular flexibility index (Phi) is 3.78. The molecule has 0 unspecified atom stereocenters. The van der Waals surface area contributed by atoms with E-state index >= 15 is 0 Å². The molecule has 2 fully saturated rings. The molecule has 3 nitrogen and oxygen atoms in total. The highest BCUT2D eigenvalue weighted by atomic mass is 79.9. The number of thiophene rings is 1. The van der Waals surface area contributed by atoms with Gasteiger partial charge in [-0.15, -0.1) is 11.3 Å². The van der Waals surface area contributed by atoms with E-state index in [-0.39, 0.29) is 6.10 Å². The third kappa shape index (κ3) is 2.65. The van der Waals surface area contributed by atoms with Crippen molar-refractivity contribution in [3.8, 4) is 0 Å². The van der Waals surface area contributed by atoms with Gasteiger partial charge in [-0.25, -0.2) is 0 Å². The molecule has 0 aromatic carbocycles. The van der Waals surface area contributed by atoms with Crippen LogP contribution in [-0.2, 0) is 6.54 Å². The number of rotatable bonds is 2. The van der Waals surface area contributed by atoms with Crippen molar-refractivity contribution >= 4 is 27.3 Å². The molecule has 3 atom stereocenters. The number of fused-ring (bicyclic) bond motifs is 1. The molecule has 0 radical (unpaired) electrons. The fourth-order valence-electron chi connectivity index (χ4n) is 3.13. The standard InChI is InChI=1S/C13H19BrN2OS/c1-9-5-16-7-11(17)4-10(16)6-15(9)8-12-2-3-13(14)18-12/h2-3,9-11,17H,4-8H2,1H3/t9-,10-,11+/m0/s1. The Balaban J connectivity index is 1.66. The van der Waals surface area contributed by atoms with E-state index in [0.29, 0.717) is 12.1 Å². The van der Waals surface area contributed by atoms with Crippen LogP contribution in [0.4, 0.5) is 0 Å². The van der Waals surface area contributed by atoms with E-state index in [9.17, 15) is 5.11 Å². The first kappa shape index (κ1) is 13.1. The van der Waals surface area contributed by atoms with E-state index in [1.807, 2.05) is 11.3 Å². The summed E-state index contributed by atoms with van der Waals surface area (Å²) in [5.74, 6) is 0. The lowest BCUT2D eigenvalue weighted by molar-refractivity contribution is 0.0535. The number of aliphatic hydroxyl groups is 1. The average Bonchev–Trinajstić information content (AvgIpc) is 2.85. The van der Waals surface area contributed by atoms with Gasteiger partial charge in [-0.1, -0.05) is 0 Å². The molecule has 1 N–H and O–H groups in total. The number of aliphatic hydroxyl groups excluding tert-OH is 1. The van der Waals surface area contributed by atoms with E-state index < -0.39 is 0 Å². The SMILES string of the molecule is C[C@H]1CN2C[C@H](O)C[C@H]2CN1Cc1ccc(Br)s1. The van der Waals surface area contributed by atoms with Crippen molar-refractivity contribution < 1.29 is 5.11 Å². The Bertz CT molecular complexity index is 425. The second kappa shape index (κ2) is 5.21. The third-order valence-corrected chi connectivity index (χ3v) is 5.67. The smallest absolute Gasteiger partial charge is 0.0701 e. The summed E-state index contributed by atoms with van der Waals surface area (Å²) in [6, 6.07) is 5.46. The van der Waals surface area contributed by atoms with Crippen LogP contribution >= 0.6 is 27.3 Å². The molecular weight excluding hydrogens is 312 g/mol. The predicted molar refractivity (Wildman–Crippen MR) is 77.9 cm³/mol.